The highest BCUT2D eigenvalue weighted by Gasteiger charge is 2.25. The molecule has 0 bridgehead atoms. The Hall–Kier alpha value is -3.91. The summed E-state index contributed by atoms with van der Waals surface area (Å²) in [4.78, 5) is 18.1. The number of piperidine rings is 1. The van der Waals surface area contributed by atoms with Crippen molar-refractivity contribution in [2.75, 3.05) is 18.0 Å². The highest BCUT2D eigenvalue weighted by molar-refractivity contribution is 6.32. The first-order chi connectivity index (χ1) is 18.4. The number of nitrogens with zero attached hydrogens (tertiary/aromatic N) is 6. The van der Waals surface area contributed by atoms with Gasteiger partial charge >= 0.3 is 5.97 Å². The third-order valence-corrected chi connectivity index (χ3v) is 7.51. The van der Waals surface area contributed by atoms with Gasteiger partial charge in [0.2, 0.25) is 0 Å². The zero-order valence-electron chi connectivity index (χ0n) is 22.0. The first kappa shape index (κ1) is 25.7. The third-order valence-electron chi connectivity index (χ3n) is 7.10. The van der Waals surface area contributed by atoms with Crippen molar-refractivity contribution in [3.8, 4) is 16.9 Å². The summed E-state index contributed by atoms with van der Waals surface area (Å²) in [5.41, 5.74) is 5.52. The monoisotopic (exact) mass is 530 g/mol. The Labute approximate surface area is 226 Å². The summed E-state index contributed by atoms with van der Waals surface area (Å²) in [6.45, 7) is 7.37. The van der Waals surface area contributed by atoms with E-state index in [9.17, 15) is 9.90 Å². The summed E-state index contributed by atoms with van der Waals surface area (Å²) in [6.07, 6.45) is 5.09. The van der Waals surface area contributed by atoms with E-state index >= 15 is 0 Å². The van der Waals surface area contributed by atoms with Crippen LogP contribution in [0, 0.1) is 12.8 Å². The Balaban J connectivity index is 0.00000144. The van der Waals surface area contributed by atoms with Gasteiger partial charge < -0.3 is 10.0 Å². The molecule has 1 fully saturated rings. The van der Waals surface area contributed by atoms with E-state index in [4.69, 9.17) is 21.7 Å². The Bertz CT molecular complexity index is 1610. The second-order valence-corrected chi connectivity index (χ2v) is 9.75. The molecule has 0 spiro atoms. The van der Waals surface area contributed by atoms with Crippen molar-refractivity contribution in [3.63, 3.8) is 0 Å². The van der Waals surface area contributed by atoms with Crippen LogP contribution in [0.1, 0.15) is 32.3 Å². The molecular weight excluding hydrogens is 500 g/mol. The van der Waals surface area contributed by atoms with E-state index in [1.807, 2.05) is 86.0 Å². The number of halogens is 1. The second kappa shape index (κ2) is 10.5. The highest BCUT2D eigenvalue weighted by Crippen LogP contribution is 2.37. The predicted octanol–water partition coefficient (Wildman–Crippen LogP) is 6.26. The molecule has 38 heavy (non-hydrogen) atoms. The number of aliphatic carboxylic acids is 1. The summed E-state index contributed by atoms with van der Waals surface area (Å²) >= 11 is 6.54. The number of aryl methyl sites for hydroxylation is 2. The maximum absolute atomic E-state index is 11.3. The fraction of sp³-hybridized carbons (Fsp3) is 0.310. The smallest absolute Gasteiger partial charge is 0.306 e. The number of anilines is 1. The van der Waals surface area contributed by atoms with Crippen molar-refractivity contribution in [2.24, 2.45) is 13.0 Å². The molecule has 0 unspecified atom stereocenters. The summed E-state index contributed by atoms with van der Waals surface area (Å²) < 4.78 is 3.73. The average Bonchev–Trinajstić information content (AvgIpc) is 3.52. The lowest BCUT2D eigenvalue weighted by Gasteiger charge is -2.31. The van der Waals surface area contributed by atoms with Crippen molar-refractivity contribution < 1.29 is 9.90 Å². The van der Waals surface area contributed by atoms with Crippen LogP contribution in [0.25, 0.3) is 38.8 Å². The minimum Gasteiger partial charge on any atom is -0.481 e. The van der Waals surface area contributed by atoms with Gasteiger partial charge in [-0.25, -0.2) is 9.67 Å². The zero-order valence-corrected chi connectivity index (χ0v) is 22.8. The number of hydrogen-bond acceptors (Lipinski definition) is 5. The van der Waals surface area contributed by atoms with Gasteiger partial charge in [0.15, 0.2) is 0 Å². The summed E-state index contributed by atoms with van der Waals surface area (Å²) in [7, 11) is 1.92. The number of carbonyl (C=O) groups is 1. The van der Waals surface area contributed by atoms with Crippen molar-refractivity contribution in [2.45, 2.75) is 33.6 Å². The normalized spacial score (nSPS) is 14.1. The van der Waals surface area contributed by atoms with E-state index in [2.05, 4.69) is 16.1 Å². The maximum Gasteiger partial charge on any atom is 0.306 e. The average molecular weight is 531 g/mol. The fourth-order valence-corrected chi connectivity index (χ4v) is 5.30. The number of rotatable bonds is 4. The van der Waals surface area contributed by atoms with Crippen LogP contribution in [0.4, 0.5) is 5.82 Å². The Morgan fingerprint density at radius 3 is 2.47 bits per heavy atom. The number of hydrogen-bond donors (Lipinski definition) is 1. The van der Waals surface area contributed by atoms with Gasteiger partial charge in [0.05, 0.1) is 28.8 Å². The molecule has 196 valence electrons. The lowest BCUT2D eigenvalue weighted by Crippen LogP contribution is -2.36. The van der Waals surface area contributed by atoms with Gasteiger partial charge in [-0.1, -0.05) is 37.6 Å². The lowest BCUT2D eigenvalue weighted by atomic mass is 9.97. The first-order valence-electron chi connectivity index (χ1n) is 13.0. The van der Waals surface area contributed by atoms with E-state index in [0.717, 1.165) is 50.1 Å². The molecule has 0 saturated carbocycles. The van der Waals surface area contributed by atoms with Gasteiger partial charge in [0, 0.05) is 47.7 Å². The number of benzene rings is 2. The molecule has 4 heterocycles. The molecule has 3 aromatic heterocycles. The standard InChI is InChI=1S/C27H25ClN6O2.C2H6/c1-16-22(28)8-7-20-25(19-4-3-5-23-21(19)15-32(2)30-23)31-34(26(16)20)18-6-9-24(29-14-18)33-12-10-17(11-13-33)27(35)36;1-2/h3-9,14-15,17H,10-13H2,1-2H3,(H,35,36);1-2H3. The highest BCUT2D eigenvalue weighted by atomic mass is 35.5. The molecule has 0 amide bonds. The number of pyridine rings is 1. The molecule has 1 aliphatic rings. The largest absolute Gasteiger partial charge is 0.481 e. The number of carboxylic acid groups (broad SMARTS) is 1. The van der Waals surface area contributed by atoms with Crippen LogP contribution in [-0.2, 0) is 11.8 Å². The van der Waals surface area contributed by atoms with Crippen LogP contribution < -0.4 is 4.90 Å². The first-order valence-corrected chi connectivity index (χ1v) is 13.3. The molecule has 1 aliphatic heterocycles. The minimum atomic E-state index is -0.713. The Morgan fingerprint density at radius 2 is 1.79 bits per heavy atom. The topological polar surface area (TPSA) is 89.1 Å². The van der Waals surface area contributed by atoms with Gasteiger partial charge in [-0.2, -0.15) is 10.2 Å². The molecule has 8 nitrogen and oxygen atoms in total. The molecular formula is C29H31ClN6O2. The van der Waals surface area contributed by atoms with Crippen LogP contribution in [0.2, 0.25) is 5.02 Å². The van der Waals surface area contributed by atoms with Crippen molar-refractivity contribution in [1.82, 2.24) is 24.5 Å². The molecule has 0 radical (unpaired) electrons. The quantitative estimate of drug-likeness (QED) is 0.295. The van der Waals surface area contributed by atoms with Gasteiger partial charge in [0.25, 0.3) is 0 Å². The fourth-order valence-electron chi connectivity index (χ4n) is 5.14. The molecule has 5 aromatic rings. The summed E-state index contributed by atoms with van der Waals surface area (Å²) in [5, 5.41) is 21.6. The molecule has 1 N–H and O–H groups in total. The van der Waals surface area contributed by atoms with Crippen LogP contribution in [0.5, 0.6) is 0 Å². The summed E-state index contributed by atoms with van der Waals surface area (Å²) in [5.74, 6) is -0.143. The van der Waals surface area contributed by atoms with Crippen LogP contribution in [-0.4, -0.2) is 48.7 Å². The van der Waals surface area contributed by atoms with E-state index in [1.54, 1.807) is 0 Å². The molecule has 9 heteroatoms. The molecule has 2 aromatic carbocycles. The number of carboxylic acids is 1. The third kappa shape index (κ3) is 4.49. The molecule has 1 saturated heterocycles. The van der Waals surface area contributed by atoms with Crippen molar-refractivity contribution in [1.29, 1.82) is 0 Å². The van der Waals surface area contributed by atoms with Crippen molar-refractivity contribution in [3.05, 3.63) is 65.4 Å². The number of aromatic nitrogens is 5. The van der Waals surface area contributed by atoms with Gasteiger partial charge in [-0.15, -0.1) is 0 Å². The van der Waals surface area contributed by atoms with E-state index in [-0.39, 0.29) is 5.92 Å². The van der Waals surface area contributed by atoms with Gasteiger partial charge in [0.1, 0.15) is 11.5 Å². The maximum atomic E-state index is 11.3. The van der Waals surface area contributed by atoms with E-state index in [1.165, 1.54) is 0 Å². The van der Waals surface area contributed by atoms with Crippen LogP contribution in [0.3, 0.4) is 0 Å². The minimum absolute atomic E-state index is 0.272. The van der Waals surface area contributed by atoms with Crippen LogP contribution >= 0.6 is 11.6 Å². The molecule has 6 rings (SSSR count). The SMILES string of the molecule is CC.Cc1c(Cl)ccc2c(-c3cccc4nn(C)cc34)nn(-c3ccc(N4CCC(C(=O)O)CC4)nc3)c12. The van der Waals surface area contributed by atoms with E-state index < -0.39 is 5.97 Å². The summed E-state index contributed by atoms with van der Waals surface area (Å²) in [6, 6.07) is 14.0. The number of fused-ring (bicyclic) bond motifs is 2. The van der Waals surface area contributed by atoms with Crippen molar-refractivity contribution >= 4 is 45.2 Å². The molecule has 0 aliphatic carbocycles. The Morgan fingerprint density at radius 1 is 1.03 bits per heavy atom. The zero-order chi connectivity index (χ0) is 27.0. The predicted molar refractivity (Wildman–Crippen MR) is 152 cm³/mol. The van der Waals surface area contributed by atoms with E-state index in [0.29, 0.717) is 31.0 Å². The second-order valence-electron chi connectivity index (χ2n) is 9.34. The Kier molecular flexibility index (Phi) is 7.08. The van der Waals surface area contributed by atoms with Gasteiger partial charge in [-0.3, -0.25) is 9.48 Å². The molecule has 0 atom stereocenters. The lowest BCUT2D eigenvalue weighted by molar-refractivity contribution is -0.142. The van der Waals surface area contributed by atoms with Gasteiger partial charge in [-0.05, 0) is 55.7 Å². The van der Waals surface area contributed by atoms with Crippen LogP contribution in [0.15, 0.2) is 54.9 Å².